The van der Waals surface area contributed by atoms with E-state index in [1.165, 1.54) is 27.2 Å². The SMILES string of the molecule is Cc1cc(C)cc(-c2ccc3c4ccc(-c5cc(C)cc(C)c5)cc4n(-c4cccc5c4C(=O)N(c4cccc(-c6ccccc6)c4)C5=O)c3c2)c1. The molecule has 1 aliphatic heterocycles. The molecule has 0 radical (unpaired) electrons. The minimum atomic E-state index is -0.327. The number of anilines is 1. The molecule has 0 atom stereocenters. The van der Waals surface area contributed by atoms with Gasteiger partial charge in [0.1, 0.15) is 0 Å². The molecule has 2 heterocycles. The number of aryl methyl sites for hydroxylation is 4. The van der Waals surface area contributed by atoms with E-state index in [0.717, 1.165) is 55.2 Å². The van der Waals surface area contributed by atoms with Crippen molar-refractivity contribution in [3.05, 3.63) is 179 Å². The topological polar surface area (TPSA) is 42.3 Å². The van der Waals surface area contributed by atoms with Gasteiger partial charge in [0.05, 0.1) is 33.5 Å². The maximum Gasteiger partial charge on any atom is 0.268 e. The molecule has 0 saturated heterocycles. The minimum Gasteiger partial charge on any atom is -0.308 e. The van der Waals surface area contributed by atoms with Crippen LogP contribution in [-0.2, 0) is 0 Å². The Morgan fingerprint density at radius 2 is 0.923 bits per heavy atom. The first-order chi connectivity index (χ1) is 25.2. The zero-order valence-corrected chi connectivity index (χ0v) is 29.6. The molecule has 0 aliphatic carbocycles. The van der Waals surface area contributed by atoms with Crippen LogP contribution in [0.4, 0.5) is 5.69 Å². The summed E-state index contributed by atoms with van der Waals surface area (Å²) >= 11 is 0. The third-order valence-corrected chi connectivity index (χ3v) is 10.2. The van der Waals surface area contributed by atoms with Gasteiger partial charge in [0.15, 0.2) is 0 Å². The van der Waals surface area contributed by atoms with Crippen molar-refractivity contribution >= 4 is 39.3 Å². The van der Waals surface area contributed by atoms with Crippen molar-refractivity contribution < 1.29 is 9.59 Å². The lowest BCUT2D eigenvalue weighted by Crippen LogP contribution is -2.29. The molecule has 250 valence electrons. The van der Waals surface area contributed by atoms with Gasteiger partial charge in [0.25, 0.3) is 11.8 Å². The summed E-state index contributed by atoms with van der Waals surface area (Å²) in [5.74, 6) is -0.647. The van der Waals surface area contributed by atoms with Gasteiger partial charge in [-0.2, -0.15) is 0 Å². The summed E-state index contributed by atoms with van der Waals surface area (Å²) in [5.41, 5.74) is 15.2. The Hall–Kier alpha value is -6.52. The highest BCUT2D eigenvalue weighted by molar-refractivity contribution is 6.36. The first-order valence-corrected chi connectivity index (χ1v) is 17.7. The van der Waals surface area contributed by atoms with Crippen LogP contribution in [0.1, 0.15) is 43.0 Å². The number of aromatic nitrogens is 1. The van der Waals surface area contributed by atoms with E-state index in [1.807, 2.05) is 66.7 Å². The second-order valence-electron chi connectivity index (χ2n) is 14.1. The Morgan fingerprint density at radius 1 is 0.404 bits per heavy atom. The van der Waals surface area contributed by atoms with Gasteiger partial charge in [-0.25, -0.2) is 4.90 Å². The third-order valence-electron chi connectivity index (χ3n) is 10.2. The van der Waals surface area contributed by atoms with Crippen LogP contribution in [0.3, 0.4) is 0 Å². The van der Waals surface area contributed by atoms with Crippen LogP contribution < -0.4 is 4.90 Å². The first-order valence-electron chi connectivity index (χ1n) is 17.7. The molecular formula is C48H36N2O2. The molecule has 0 fully saturated rings. The van der Waals surface area contributed by atoms with E-state index in [2.05, 4.69) is 105 Å². The summed E-state index contributed by atoms with van der Waals surface area (Å²) in [6.45, 7) is 8.49. The molecule has 8 aromatic rings. The van der Waals surface area contributed by atoms with Crippen LogP contribution >= 0.6 is 0 Å². The summed E-state index contributed by atoms with van der Waals surface area (Å²) in [6, 6.07) is 49.7. The van der Waals surface area contributed by atoms with E-state index >= 15 is 0 Å². The standard InChI is InChI=1S/C48H36N2O2/c1-29-20-30(2)23-37(22-29)35-16-18-40-41-19-17-36(38-24-31(3)21-32(4)25-38)28-45(41)50(44(40)27-35)43-15-9-14-42-46(43)48(52)49(47(42)51)39-13-8-12-34(26-39)33-10-6-5-7-11-33/h5-28H,1-4H3. The minimum absolute atomic E-state index is 0.320. The Balaban J connectivity index is 1.28. The van der Waals surface area contributed by atoms with E-state index in [4.69, 9.17) is 0 Å². The quantitative estimate of drug-likeness (QED) is 0.171. The highest BCUT2D eigenvalue weighted by Crippen LogP contribution is 2.41. The van der Waals surface area contributed by atoms with Crippen LogP contribution in [0.25, 0.3) is 60.9 Å². The summed E-state index contributed by atoms with van der Waals surface area (Å²) in [6.07, 6.45) is 0. The molecule has 9 rings (SSSR count). The van der Waals surface area contributed by atoms with Crippen molar-refractivity contribution in [1.29, 1.82) is 0 Å². The van der Waals surface area contributed by atoms with Crippen LogP contribution in [0.15, 0.2) is 146 Å². The molecule has 52 heavy (non-hydrogen) atoms. The van der Waals surface area contributed by atoms with Crippen molar-refractivity contribution in [2.75, 3.05) is 4.90 Å². The second kappa shape index (κ2) is 12.1. The number of hydrogen-bond donors (Lipinski definition) is 0. The summed E-state index contributed by atoms with van der Waals surface area (Å²) in [5, 5.41) is 2.16. The Bertz CT molecular complexity index is 2620. The van der Waals surface area contributed by atoms with Crippen LogP contribution in [0.2, 0.25) is 0 Å². The molecule has 0 N–H and O–H groups in total. The number of rotatable bonds is 5. The van der Waals surface area contributed by atoms with Crippen molar-refractivity contribution in [1.82, 2.24) is 4.57 Å². The lowest BCUT2D eigenvalue weighted by Gasteiger charge is -2.16. The van der Waals surface area contributed by atoms with Gasteiger partial charge in [-0.05, 0) is 97.5 Å². The molecular weight excluding hydrogens is 637 g/mol. The van der Waals surface area contributed by atoms with Gasteiger partial charge in [0, 0.05) is 10.8 Å². The number of carbonyl (C=O) groups excluding carboxylic acids is 2. The molecule has 2 amide bonds. The third kappa shape index (κ3) is 5.15. The number of nitrogens with zero attached hydrogens (tertiary/aromatic N) is 2. The van der Waals surface area contributed by atoms with Gasteiger partial charge in [-0.1, -0.05) is 131 Å². The van der Waals surface area contributed by atoms with Crippen LogP contribution in [-0.4, -0.2) is 16.4 Å². The second-order valence-corrected chi connectivity index (χ2v) is 14.1. The Labute approximate surface area is 303 Å². The number of carbonyl (C=O) groups is 2. The van der Waals surface area contributed by atoms with Crippen molar-refractivity contribution in [2.45, 2.75) is 27.7 Å². The van der Waals surface area contributed by atoms with Gasteiger partial charge in [0.2, 0.25) is 0 Å². The predicted molar refractivity (Wildman–Crippen MR) is 214 cm³/mol. The van der Waals surface area contributed by atoms with Gasteiger partial charge < -0.3 is 4.57 Å². The van der Waals surface area contributed by atoms with Crippen molar-refractivity contribution in [2.24, 2.45) is 0 Å². The highest BCUT2D eigenvalue weighted by atomic mass is 16.2. The molecule has 0 spiro atoms. The molecule has 7 aromatic carbocycles. The molecule has 4 nitrogen and oxygen atoms in total. The van der Waals surface area contributed by atoms with Crippen LogP contribution in [0.5, 0.6) is 0 Å². The number of amides is 2. The predicted octanol–water partition coefficient (Wildman–Crippen LogP) is 11.8. The Morgan fingerprint density at radius 3 is 1.50 bits per heavy atom. The zero-order chi connectivity index (χ0) is 35.7. The maximum atomic E-state index is 14.7. The molecule has 1 aliphatic rings. The van der Waals surface area contributed by atoms with E-state index in [9.17, 15) is 9.59 Å². The van der Waals surface area contributed by atoms with E-state index in [1.54, 1.807) is 6.07 Å². The average Bonchev–Trinajstić information content (AvgIpc) is 3.60. The van der Waals surface area contributed by atoms with Crippen LogP contribution in [0, 0.1) is 27.7 Å². The summed E-state index contributed by atoms with van der Waals surface area (Å²) in [7, 11) is 0. The molecule has 4 heteroatoms. The number of fused-ring (bicyclic) bond motifs is 4. The van der Waals surface area contributed by atoms with Gasteiger partial charge >= 0.3 is 0 Å². The first kappa shape index (κ1) is 31.5. The number of benzene rings is 7. The number of hydrogen-bond acceptors (Lipinski definition) is 2. The lowest BCUT2D eigenvalue weighted by atomic mass is 9.98. The van der Waals surface area contributed by atoms with Crippen molar-refractivity contribution in [3.8, 4) is 39.1 Å². The van der Waals surface area contributed by atoms with Gasteiger partial charge in [-0.3, -0.25) is 9.59 Å². The van der Waals surface area contributed by atoms with E-state index < -0.39 is 0 Å². The normalized spacial score (nSPS) is 12.7. The zero-order valence-electron chi connectivity index (χ0n) is 29.6. The maximum absolute atomic E-state index is 14.7. The largest absolute Gasteiger partial charge is 0.308 e. The molecule has 1 aromatic heterocycles. The number of imide groups is 1. The monoisotopic (exact) mass is 672 g/mol. The molecule has 0 bridgehead atoms. The van der Waals surface area contributed by atoms with E-state index in [-0.39, 0.29) is 11.8 Å². The Kier molecular flexibility index (Phi) is 7.30. The average molecular weight is 673 g/mol. The van der Waals surface area contributed by atoms with Gasteiger partial charge in [-0.15, -0.1) is 0 Å². The fourth-order valence-corrected chi connectivity index (χ4v) is 8.06. The lowest BCUT2D eigenvalue weighted by molar-refractivity contribution is 0.0926. The fourth-order valence-electron chi connectivity index (χ4n) is 8.06. The molecule has 0 unspecified atom stereocenters. The van der Waals surface area contributed by atoms with Crippen molar-refractivity contribution in [3.63, 3.8) is 0 Å². The smallest absolute Gasteiger partial charge is 0.268 e. The van der Waals surface area contributed by atoms with E-state index in [0.29, 0.717) is 22.5 Å². The summed E-state index contributed by atoms with van der Waals surface area (Å²) in [4.78, 5) is 30.2. The fraction of sp³-hybridized carbons (Fsp3) is 0.0833. The molecule has 0 saturated carbocycles. The highest BCUT2D eigenvalue weighted by Gasteiger charge is 2.39. The summed E-state index contributed by atoms with van der Waals surface area (Å²) < 4.78 is 2.19.